The monoisotopic (exact) mass is 272 g/mol. The molecule has 0 aliphatic rings. The summed E-state index contributed by atoms with van der Waals surface area (Å²) < 4.78 is 1.63. The molecule has 0 saturated heterocycles. The van der Waals surface area contributed by atoms with Gasteiger partial charge in [0.2, 0.25) is 0 Å². The van der Waals surface area contributed by atoms with Gasteiger partial charge in [-0.25, -0.2) is 4.98 Å². The highest BCUT2D eigenvalue weighted by Gasteiger charge is 2.16. The van der Waals surface area contributed by atoms with E-state index < -0.39 is 0 Å². The maximum atomic E-state index is 12.6. The van der Waals surface area contributed by atoms with Gasteiger partial charge in [-0.3, -0.25) is 9.36 Å². The van der Waals surface area contributed by atoms with Crippen LogP contribution >= 0.6 is 0 Å². The molecule has 0 amide bonds. The SMILES string of the molecule is CCc1nc(-c2ccccc2O)n(CC)c(=O)c1CC. The minimum atomic E-state index is 0.0000954. The Morgan fingerprint density at radius 3 is 2.40 bits per heavy atom. The van der Waals surface area contributed by atoms with Gasteiger partial charge in [0.1, 0.15) is 11.6 Å². The molecule has 0 fully saturated rings. The number of aromatic nitrogens is 2. The molecule has 0 aliphatic carbocycles. The van der Waals surface area contributed by atoms with Crippen molar-refractivity contribution in [2.24, 2.45) is 0 Å². The normalized spacial score (nSPS) is 10.8. The van der Waals surface area contributed by atoms with E-state index in [1.807, 2.05) is 26.8 Å². The predicted molar refractivity (Wildman–Crippen MR) is 80.0 cm³/mol. The van der Waals surface area contributed by atoms with E-state index in [1.165, 1.54) is 0 Å². The second kappa shape index (κ2) is 5.90. The summed E-state index contributed by atoms with van der Waals surface area (Å²) in [5.74, 6) is 0.692. The van der Waals surface area contributed by atoms with Crippen LogP contribution in [0.25, 0.3) is 11.4 Å². The zero-order chi connectivity index (χ0) is 14.7. The molecule has 0 saturated carbocycles. The standard InChI is InChI=1S/C16H20N2O2/c1-4-11-13(5-2)17-15(18(6-3)16(11)20)12-9-7-8-10-14(12)19/h7-10,19H,4-6H2,1-3H3. The van der Waals surface area contributed by atoms with Gasteiger partial charge in [-0.05, 0) is 31.9 Å². The van der Waals surface area contributed by atoms with Crippen LogP contribution in [-0.4, -0.2) is 14.7 Å². The molecule has 0 aliphatic heterocycles. The molecule has 0 unspecified atom stereocenters. The topological polar surface area (TPSA) is 55.1 Å². The molecule has 2 aromatic rings. The predicted octanol–water partition coefficient (Wildman–Crippen LogP) is 2.76. The average molecular weight is 272 g/mol. The number of hydrogen-bond donors (Lipinski definition) is 1. The fraction of sp³-hybridized carbons (Fsp3) is 0.375. The lowest BCUT2D eigenvalue weighted by atomic mass is 10.1. The molecule has 0 bridgehead atoms. The van der Waals surface area contributed by atoms with Crippen LogP contribution in [-0.2, 0) is 19.4 Å². The van der Waals surface area contributed by atoms with Crippen molar-refractivity contribution in [2.45, 2.75) is 40.2 Å². The highest BCUT2D eigenvalue weighted by Crippen LogP contribution is 2.27. The highest BCUT2D eigenvalue weighted by molar-refractivity contribution is 5.64. The maximum absolute atomic E-state index is 12.6. The number of aromatic hydroxyl groups is 1. The molecule has 1 heterocycles. The van der Waals surface area contributed by atoms with Crippen LogP contribution in [0.5, 0.6) is 5.75 Å². The smallest absolute Gasteiger partial charge is 0.257 e. The van der Waals surface area contributed by atoms with Crippen molar-refractivity contribution in [3.63, 3.8) is 0 Å². The van der Waals surface area contributed by atoms with Gasteiger partial charge in [-0.1, -0.05) is 26.0 Å². The van der Waals surface area contributed by atoms with Crippen molar-refractivity contribution >= 4 is 0 Å². The molecule has 0 atom stereocenters. The third-order valence-corrected chi connectivity index (χ3v) is 3.50. The van der Waals surface area contributed by atoms with Crippen molar-refractivity contribution in [1.29, 1.82) is 0 Å². The minimum absolute atomic E-state index is 0.0000954. The Kier molecular flexibility index (Phi) is 4.23. The Bertz CT molecular complexity index is 675. The second-order valence-corrected chi connectivity index (χ2v) is 4.63. The number of rotatable bonds is 4. The van der Waals surface area contributed by atoms with Crippen LogP contribution in [0.3, 0.4) is 0 Å². The van der Waals surface area contributed by atoms with Crippen LogP contribution in [0, 0.1) is 0 Å². The summed E-state index contributed by atoms with van der Waals surface area (Å²) >= 11 is 0. The van der Waals surface area contributed by atoms with Gasteiger partial charge < -0.3 is 5.11 Å². The van der Waals surface area contributed by atoms with Crippen LogP contribution in [0.1, 0.15) is 32.0 Å². The molecule has 4 nitrogen and oxygen atoms in total. The number of nitrogens with zero attached hydrogens (tertiary/aromatic N) is 2. The van der Waals surface area contributed by atoms with Gasteiger partial charge in [0.05, 0.1) is 11.3 Å². The lowest BCUT2D eigenvalue weighted by Gasteiger charge is -2.15. The van der Waals surface area contributed by atoms with E-state index >= 15 is 0 Å². The van der Waals surface area contributed by atoms with Crippen molar-refractivity contribution in [3.05, 3.63) is 45.9 Å². The first-order valence-corrected chi connectivity index (χ1v) is 7.04. The molecule has 1 aromatic carbocycles. The Labute approximate surface area is 118 Å². The number of benzene rings is 1. The van der Waals surface area contributed by atoms with Crippen molar-refractivity contribution in [3.8, 4) is 17.1 Å². The van der Waals surface area contributed by atoms with Gasteiger partial charge in [0.15, 0.2) is 0 Å². The van der Waals surface area contributed by atoms with E-state index in [0.717, 1.165) is 11.3 Å². The zero-order valence-electron chi connectivity index (χ0n) is 12.2. The molecule has 0 radical (unpaired) electrons. The van der Waals surface area contributed by atoms with Crippen molar-refractivity contribution in [2.75, 3.05) is 0 Å². The molecule has 20 heavy (non-hydrogen) atoms. The summed E-state index contributed by atoms with van der Waals surface area (Å²) in [5.41, 5.74) is 2.19. The fourth-order valence-corrected chi connectivity index (χ4v) is 2.45. The van der Waals surface area contributed by atoms with Crippen LogP contribution in [0.4, 0.5) is 0 Å². The van der Waals surface area contributed by atoms with Gasteiger partial charge in [-0.2, -0.15) is 0 Å². The van der Waals surface area contributed by atoms with Crippen LogP contribution in [0.15, 0.2) is 29.1 Å². The molecule has 1 aromatic heterocycles. The van der Waals surface area contributed by atoms with Crippen molar-refractivity contribution in [1.82, 2.24) is 9.55 Å². The Morgan fingerprint density at radius 2 is 1.85 bits per heavy atom. The zero-order valence-corrected chi connectivity index (χ0v) is 12.2. The summed E-state index contributed by atoms with van der Waals surface area (Å²) in [5, 5.41) is 10.0. The number of hydrogen-bond acceptors (Lipinski definition) is 3. The molecular weight excluding hydrogens is 252 g/mol. The first kappa shape index (κ1) is 14.3. The van der Waals surface area contributed by atoms with E-state index in [2.05, 4.69) is 4.98 Å². The largest absolute Gasteiger partial charge is 0.507 e. The van der Waals surface area contributed by atoms with Gasteiger partial charge >= 0.3 is 0 Å². The highest BCUT2D eigenvalue weighted by atomic mass is 16.3. The number of para-hydroxylation sites is 1. The Balaban J connectivity index is 2.80. The van der Waals surface area contributed by atoms with E-state index in [4.69, 9.17) is 0 Å². The molecule has 2 rings (SSSR count). The van der Waals surface area contributed by atoms with E-state index in [0.29, 0.717) is 30.8 Å². The first-order chi connectivity index (χ1) is 9.63. The van der Waals surface area contributed by atoms with Crippen LogP contribution < -0.4 is 5.56 Å². The lowest BCUT2D eigenvalue weighted by molar-refractivity contribution is 0.476. The summed E-state index contributed by atoms with van der Waals surface area (Å²) in [6.07, 6.45) is 1.39. The average Bonchev–Trinajstić information content (AvgIpc) is 2.46. The van der Waals surface area contributed by atoms with E-state index in [-0.39, 0.29) is 11.3 Å². The lowest BCUT2D eigenvalue weighted by Crippen LogP contribution is -2.27. The first-order valence-electron chi connectivity index (χ1n) is 7.04. The third kappa shape index (κ3) is 2.33. The van der Waals surface area contributed by atoms with Gasteiger partial charge in [0.25, 0.3) is 5.56 Å². The van der Waals surface area contributed by atoms with Crippen LogP contribution in [0.2, 0.25) is 0 Å². The molecular formula is C16H20N2O2. The minimum Gasteiger partial charge on any atom is -0.507 e. The quantitative estimate of drug-likeness (QED) is 0.931. The van der Waals surface area contributed by atoms with E-state index in [1.54, 1.807) is 22.8 Å². The number of aryl methyl sites for hydroxylation is 1. The molecule has 0 spiro atoms. The maximum Gasteiger partial charge on any atom is 0.257 e. The summed E-state index contributed by atoms with van der Waals surface area (Å²) in [6, 6.07) is 6.99. The molecule has 106 valence electrons. The second-order valence-electron chi connectivity index (χ2n) is 4.63. The van der Waals surface area contributed by atoms with E-state index in [9.17, 15) is 9.90 Å². The number of phenolic OH excluding ortho intramolecular Hbond substituents is 1. The number of phenols is 1. The fourth-order valence-electron chi connectivity index (χ4n) is 2.45. The van der Waals surface area contributed by atoms with Crippen molar-refractivity contribution < 1.29 is 5.11 Å². The Morgan fingerprint density at radius 1 is 1.15 bits per heavy atom. The summed E-state index contributed by atoms with van der Waals surface area (Å²) in [7, 11) is 0. The van der Waals surface area contributed by atoms with Gasteiger partial charge in [0, 0.05) is 12.1 Å². The molecule has 1 N–H and O–H groups in total. The summed E-state index contributed by atoms with van der Waals surface area (Å²) in [4.78, 5) is 17.2. The Hall–Kier alpha value is -2.10. The molecule has 4 heteroatoms. The van der Waals surface area contributed by atoms with Gasteiger partial charge in [-0.15, -0.1) is 0 Å². The third-order valence-electron chi connectivity index (χ3n) is 3.50. The summed E-state index contributed by atoms with van der Waals surface area (Å²) in [6.45, 7) is 6.41.